The molecule has 0 bridgehead atoms. The van der Waals surface area contributed by atoms with Gasteiger partial charge in [0.25, 0.3) is 0 Å². The Hall–Kier alpha value is -1.38. The van der Waals surface area contributed by atoms with E-state index < -0.39 is 0 Å². The molecule has 74 valence electrons. The van der Waals surface area contributed by atoms with Crippen LogP contribution in [-0.4, -0.2) is 15.3 Å². The monoisotopic (exact) mass is 190 g/mol. The van der Waals surface area contributed by atoms with Gasteiger partial charge in [-0.3, -0.25) is 4.79 Å². The van der Waals surface area contributed by atoms with E-state index in [9.17, 15) is 4.79 Å². The van der Waals surface area contributed by atoms with Gasteiger partial charge >= 0.3 is 0 Å². The van der Waals surface area contributed by atoms with E-state index in [0.717, 1.165) is 12.8 Å². The standard InChI is InChI=1S/C11H14N2O/c1-13-7-6-12-11(13)10(14)8-9-4-2-3-5-9/h4,6-7H,2-3,5,8H2,1H3. The van der Waals surface area contributed by atoms with E-state index in [-0.39, 0.29) is 5.78 Å². The van der Waals surface area contributed by atoms with Gasteiger partial charge in [-0.1, -0.05) is 11.6 Å². The number of carbonyl (C=O) groups excluding carboxylic acids is 1. The molecule has 1 aromatic rings. The van der Waals surface area contributed by atoms with Crippen LogP contribution in [-0.2, 0) is 7.05 Å². The van der Waals surface area contributed by atoms with Crippen molar-refractivity contribution < 1.29 is 4.79 Å². The van der Waals surface area contributed by atoms with E-state index in [2.05, 4.69) is 11.1 Å². The predicted molar refractivity (Wildman–Crippen MR) is 54.1 cm³/mol. The summed E-state index contributed by atoms with van der Waals surface area (Å²) < 4.78 is 1.78. The predicted octanol–water partition coefficient (Wildman–Crippen LogP) is 2.10. The summed E-state index contributed by atoms with van der Waals surface area (Å²) in [6.45, 7) is 0. The first kappa shape index (κ1) is 9.19. The van der Waals surface area contributed by atoms with Crippen LogP contribution >= 0.6 is 0 Å². The lowest BCUT2D eigenvalue weighted by molar-refractivity contribution is 0.0979. The van der Waals surface area contributed by atoms with E-state index in [1.807, 2.05) is 7.05 Å². The lowest BCUT2D eigenvalue weighted by Gasteiger charge is -2.01. The van der Waals surface area contributed by atoms with Crippen LogP contribution in [0.2, 0.25) is 0 Å². The molecule has 1 aliphatic rings. The highest BCUT2D eigenvalue weighted by molar-refractivity contribution is 5.94. The number of hydrogen-bond donors (Lipinski definition) is 0. The van der Waals surface area contributed by atoms with Crippen molar-refractivity contribution in [1.29, 1.82) is 0 Å². The average Bonchev–Trinajstić information content (AvgIpc) is 2.75. The van der Waals surface area contributed by atoms with E-state index in [1.165, 1.54) is 12.0 Å². The molecule has 0 aromatic carbocycles. The van der Waals surface area contributed by atoms with Crippen molar-refractivity contribution in [2.24, 2.45) is 7.05 Å². The summed E-state index contributed by atoms with van der Waals surface area (Å²) in [5.74, 6) is 0.698. The fourth-order valence-electron chi connectivity index (χ4n) is 1.82. The zero-order valence-electron chi connectivity index (χ0n) is 8.36. The van der Waals surface area contributed by atoms with Crippen molar-refractivity contribution in [1.82, 2.24) is 9.55 Å². The Kier molecular flexibility index (Phi) is 2.48. The Labute approximate surface area is 83.5 Å². The summed E-state index contributed by atoms with van der Waals surface area (Å²) in [6.07, 6.45) is 9.60. The van der Waals surface area contributed by atoms with Crippen LogP contribution in [0.25, 0.3) is 0 Å². The van der Waals surface area contributed by atoms with E-state index in [1.54, 1.807) is 17.0 Å². The summed E-state index contributed by atoms with van der Waals surface area (Å²) in [6, 6.07) is 0. The second kappa shape index (κ2) is 3.78. The van der Waals surface area contributed by atoms with E-state index in [4.69, 9.17) is 0 Å². The Morgan fingerprint density at radius 3 is 3.07 bits per heavy atom. The van der Waals surface area contributed by atoms with Crippen molar-refractivity contribution in [2.75, 3.05) is 0 Å². The molecule has 2 rings (SSSR count). The molecule has 0 unspecified atom stereocenters. The third kappa shape index (κ3) is 1.76. The van der Waals surface area contributed by atoms with Crippen LogP contribution in [0.1, 0.15) is 36.3 Å². The van der Waals surface area contributed by atoms with Crippen LogP contribution in [0, 0.1) is 0 Å². The molecule has 0 N–H and O–H groups in total. The van der Waals surface area contributed by atoms with Crippen LogP contribution in [0.4, 0.5) is 0 Å². The molecule has 0 spiro atoms. The SMILES string of the molecule is Cn1ccnc1C(=O)CC1=CCCC1. The second-order valence-electron chi connectivity index (χ2n) is 3.72. The van der Waals surface area contributed by atoms with Gasteiger partial charge in [0.05, 0.1) is 0 Å². The molecule has 1 aromatic heterocycles. The third-order valence-corrected chi connectivity index (χ3v) is 2.59. The number of aromatic nitrogens is 2. The van der Waals surface area contributed by atoms with E-state index >= 15 is 0 Å². The number of hydrogen-bond acceptors (Lipinski definition) is 2. The Balaban J connectivity index is 2.06. The van der Waals surface area contributed by atoms with Gasteiger partial charge in [0, 0.05) is 25.9 Å². The Morgan fingerprint density at radius 1 is 1.64 bits per heavy atom. The topological polar surface area (TPSA) is 34.9 Å². The van der Waals surface area contributed by atoms with Crippen molar-refractivity contribution in [3.8, 4) is 0 Å². The minimum Gasteiger partial charge on any atom is -0.332 e. The maximum atomic E-state index is 11.8. The highest BCUT2D eigenvalue weighted by atomic mass is 16.1. The first-order chi connectivity index (χ1) is 6.77. The fourth-order valence-corrected chi connectivity index (χ4v) is 1.82. The van der Waals surface area contributed by atoms with Crippen molar-refractivity contribution in [2.45, 2.75) is 25.7 Å². The van der Waals surface area contributed by atoms with Crippen LogP contribution < -0.4 is 0 Å². The largest absolute Gasteiger partial charge is 0.332 e. The van der Waals surface area contributed by atoms with Gasteiger partial charge in [-0.15, -0.1) is 0 Å². The number of rotatable bonds is 3. The van der Waals surface area contributed by atoms with Gasteiger partial charge in [0.2, 0.25) is 5.78 Å². The maximum absolute atomic E-state index is 11.8. The summed E-state index contributed by atoms with van der Waals surface area (Å²) >= 11 is 0. The van der Waals surface area contributed by atoms with Gasteiger partial charge in [-0.05, 0) is 19.3 Å². The first-order valence-electron chi connectivity index (χ1n) is 4.96. The molecule has 14 heavy (non-hydrogen) atoms. The molecule has 3 heteroatoms. The lowest BCUT2D eigenvalue weighted by atomic mass is 10.1. The molecule has 0 saturated heterocycles. The highest BCUT2D eigenvalue weighted by Gasteiger charge is 2.14. The van der Waals surface area contributed by atoms with Crippen LogP contribution in [0.15, 0.2) is 24.0 Å². The molecule has 0 aliphatic heterocycles. The zero-order chi connectivity index (χ0) is 9.97. The Morgan fingerprint density at radius 2 is 2.50 bits per heavy atom. The molecule has 0 fully saturated rings. The third-order valence-electron chi connectivity index (χ3n) is 2.59. The zero-order valence-corrected chi connectivity index (χ0v) is 8.36. The number of nitrogens with zero attached hydrogens (tertiary/aromatic N) is 2. The molecular formula is C11H14N2O. The van der Waals surface area contributed by atoms with E-state index in [0.29, 0.717) is 12.2 Å². The van der Waals surface area contributed by atoms with Gasteiger partial charge in [-0.25, -0.2) is 4.98 Å². The number of allylic oxidation sites excluding steroid dienone is 2. The lowest BCUT2D eigenvalue weighted by Crippen LogP contribution is -2.07. The summed E-state index contributed by atoms with van der Waals surface area (Å²) in [4.78, 5) is 15.8. The van der Waals surface area contributed by atoms with Gasteiger partial charge in [0.15, 0.2) is 5.82 Å². The molecule has 0 amide bonds. The normalized spacial score (nSPS) is 15.6. The summed E-state index contributed by atoms with van der Waals surface area (Å²) in [5.41, 5.74) is 1.28. The molecule has 0 radical (unpaired) electrons. The van der Waals surface area contributed by atoms with Crippen LogP contribution in [0.3, 0.4) is 0 Å². The second-order valence-corrected chi connectivity index (χ2v) is 3.72. The molecule has 0 atom stereocenters. The summed E-state index contributed by atoms with van der Waals surface area (Å²) in [7, 11) is 1.85. The fraction of sp³-hybridized carbons (Fsp3) is 0.455. The number of Topliss-reactive ketones (excluding diaryl/α,β-unsaturated/α-hetero) is 1. The van der Waals surface area contributed by atoms with Crippen molar-refractivity contribution >= 4 is 5.78 Å². The van der Waals surface area contributed by atoms with Crippen molar-refractivity contribution in [3.05, 3.63) is 29.9 Å². The number of imidazole rings is 1. The minimum atomic E-state index is 0.130. The van der Waals surface area contributed by atoms with Gasteiger partial charge < -0.3 is 4.57 Å². The van der Waals surface area contributed by atoms with Gasteiger partial charge in [0.1, 0.15) is 0 Å². The first-order valence-corrected chi connectivity index (χ1v) is 4.96. The molecular weight excluding hydrogens is 176 g/mol. The molecule has 0 saturated carbocycles. The molecule has 1 heterocycles. The number of ketones is 1. The number of carbonyl (C=O) groups is 1. The minimum absolute atomic E-state index is 0.130. The highest BCUT2D eigenvalue weighted by Crippen LogP contribution is 2.21. The summed E-state index contributed by atoms with van der Waals surface area (Å²) in [5, 5.41) is 0. The molecule has 3 nitrogen and oxygen atoms in total. The smallest absolute Gasteiger partial charge is 0.202 e. The van der Waals surface area contributed by atoms with Crippen molar-refractivity contribution in [3.63, 3.8) is 0 Å². The Bertz CT molecular complexity index is 376. The maximum Gasteiger partial charge on any atom is 0.202 e. The van der Waals surface area contributed by atoms with Crippen LogP contribution in [0.5, 0.6) is 0 Å². The quantitative estimate of drug-likeness (QED) is 0.540. The van der Waals surface area contributed by atoms with Gasteiger partial charge in [-0.2, -0.15) is 0 Å². The molecule has 1 aliphatic carbocycles. The number of aryl methyl sites for hydroxylation is 1. The average molecular weight is 190 g/mol.